The quantitative estimate of drug-likeness (QED) is 0.271. The van der Waals surface area contributed by atoms with Crippen molar-refractivity contribution in [1.82, 2.24) is 10.6 Å². The molecule has 0 spiro atoms. The molecule has 5 amide bonds. The molecule has 1 unspecified atom stereocenters. The third-order valence-corrected chi connectivity index (χ3v) is 6.77. The number of carboxylic acids is 1. The molecule has 1 saturated heterocycles. The first kappa shape index (κ1) is 30.9. The Bertz CT molecular complexity index is 1110. The number of benzene rings is 1. The van der Waals surface area contributed by atoms with Gasteiger partial charge >= 0.3 is 17.9 Å². The van der Waals surface area contributed by atoms with Crippen LogP contribution in [0.3, 0.4) is 0 Å². The molecule has 1 aliphatic heterocycles. The lowest BCUT2D eigenvalue weighted by molar-refractivity contribution is -0.761. The first-order valence-corrected chi connectivity index (χ1v) is 12.8. The number of hydrogen-bond acceptors (Lipinski definition) is 6. The van der Waals surface area contributed by atoms with Gasteiger partial charge in [-0.1, -0.05) is 46.2 Å². The van der Waals surface area contributed by atoms with Crippen LogP contribution in [0, 0.1) is 11.3 Å². The normalized spacial score (nSPS) is 16.3. The summed E-state index contributed by atoms with van der Waals surface area (Å²) in [5.74, 6) is -3.09. The number of urea groups is 1. The van der Waals surface area contributed by atoms with Gasteiger partial charge in [-0.05, 0) is 23.6 Å². The first-order valence-electron chi connectivity index (χ1n) is 12.4. The van der Waals surface area contributed by atoms with Crippen molar-refractivity contribution in [2.45, 2.75) is 66.0 Å². The molecule has 1 aliphatic rings. The second-order valence-corrected chi connectivity index (χ2v) is 11.2. The number of aldehydes is 1. The number of nitrogens with one attached hydrogen (secondary N) is 3. The van der Waals surface area contributed by atoms with Gasteiger partial charge in [-0.2, -0.15) is 4.48 Å². The van der Waals surface area contributed by atoms with Crippen LogP contribution in [-0.2, 0) is 19.2 Å². The van der Waals surface area contributed by atoms with Crippen molar-refractivity contribution in [1.29, 1.82) is 0 Å². The maximum absolute atomic E-state index is 14.0. The maximum atomic E-state index is 14.0. The molecule has 1 aromatic carbocycles. The second-order valence-electron chi connectivity index (χ2n) is 10.8. The molecule has 4 N–H and O–H groups in total. The lowest BCUT2D eigenvalue weighted by Crippen LogP contribution is -2.68. The minimum atomic E-state index is -1.47. The van der Waals surface area contributed by atoms with E-state index in [0.717, 1.165) is 0 Å². The number of aliphatic carboxylic acids is 1. The average molecular weight is 552 g/mol. The van der Waals surface area contributed by atoms with Gasteiger partial charge in [0.2, 0.25) is 5.91 Å². The van der Waals surface area contributed by atoms with Crippen LogP contribution >= 0.6 is 11.6 Å². The Hall–Kier alpha value is -3.31. The van der Waals surface area contributed by atoms with Crippen LogP contribution in [0.1, 0.15) is 64.2 Å². The highest BCUT2D eigenvalue weighted by Crippen LogP contribution is 2.30. The molecule has 0 saturated carbocycles. The number of amides is 5. The highest BCUT2D eigenvalue weighted by molar-refractivity contribution is 6.34. The Morgan fingerprint density at radius 2 is 1.68 bits per heavy atom. The molecule has 1 aromatic rings. The number of carbonyl (C=O) groups is 6. The summed E-state index contributed by atoms with van der Waals surface area (Å²) in [5, 5.41) is 17.2. The lowest BCUT2D eigenvalue weighted by atomic mass is 9.85. The Labute approximate surface area is 226 Å². The van der Waals surface area contributed by atoms with E-state index in [-0.39, 0.29) is 35.5 Å². The zero-order chi connectivity index (χ0) is 28.8. The number of quaternary nitrogens is 1. The molecule has 12 heteroatoms. The Balaban J connectivity index is 2.34. The number of halogens is 1. The third-order valence-electron chi connectivity index (χ3n) is 6.46. The molecule has 0 aromatic heterocycles. The van der Waals surface area contributed by atoms with Crippen molar-refractivity contribution in [2.24, 2.45) is 11.3 Å². The van der Waals surface area contributed by atoms with Gasteiger partial charge in [-0.3, -0.25) is 14.9 Å². The largest absolute Gasteiger partial charge is 0.480 e. The fraction of sp³-hybridized carbons (Fsp3) is 0.538. The summed E-state index contributed by atoms with van der Waals surface area (Å²) < 4.78 is -0.696. The van der Waals surface area contributed by atoms with E-state index in [1.165, 1.54) is 18.2 Å². The van der Waals surface area contributed by atoms with Crippen LogP contribution in [0.5, 0.6) is 0 Å². The molecule has 0 radical (unpaired) electrons. The van der Waals surface area contributed by atoms with E-state index in [9.17, 15) is 33.9 Å². The predicted molar refractivity (Wildman–Crippen MR) is 141 cm³/mol. The van der Waals surface area contributed by atoms with Crippen LogP contribution < -0.4 is 16.0 Å². The van der Waals surface area contributed by atoms with Crippen LogP contribution in [0.2, 0.25) is 5.02 Å². The number of carboxylic acid groups (broad SMARTS) is 1. The number of carbonyl (C=O) groups excluding carboxylic acids is 5. The van der Waals surface area contributed by atoms with Crippen molar-refractivity contribution < 1.29 is 38.4 Å². The predicted octanol–water partition coefficient (Wildman–Crippen LogP) is 2.97. The third kappa shape index (κ3) is 7.16. The summed E-state index contributed by atoms with van der Waals surface area (Å²) in [6, 6.07) is 0.960. The zero-order valence-electron chi connectivity index (χ0n) is 22.3. The highest BCUT2D eigenvalue weighted by Gasteiger charge is 2.54. The van der Waals surface area contributed by atoms with Gasteiger partial charge in [0.25, 0.3) is 5.91 Å². The molecule has 0 aliphatic carbocycles. The van der Waals surface area contributed by atoms with E-state index >= 15 is 0 Å². The standard InChI is InChI=1S/C26H35ClN4O7/c1-15(2)21(33)28-16-8-9-17(18(27)14-16)22(34)30-20(26(3,4)5)23(35)31(11-6-7-12-31)25(38)29-19(10-13-32)24(36)37/h8-9,13-15,19-20H,6-7,10-12H2,1-5H3,(H3-,28,29,30,33,34,36,37,38)/p+1/t19?,20-/m1/s1. The number of anilines is 1. The van der Waals surface area contributed by atoms with Crippen molar-refractivity contribution in [2.75, 3.05) is 18.4 Å². The molecular weight excluding hydrogens is 516 g/mol. The number of rotatable bonds is 9. The summed E-state index contributed by atoms with van der Waals surface area (Å²) in [6.45, 7) is 8.94. The molecular formula is C26H36ClN4O7+. The monoisotopic (exact) mass is 551 g/mol. The van der Waals surface area contributed by atoms with Gasteiger partial charge < -0.3 is 20.5 Å². The fourth-order valence-corrected chi connectivity index (χ4v) is 4.42. The number of nitrogens with zero attached hydrogens (tertiary/aromatic N) is 1. The fourth-order valence-electron chi connectivity index (χ4n) is 4.16. The SMILES string of the molecule is CC(C)C(=O)Nc1ccc(C(=O)N[C@H](C(=O)[N+]2(C(=O)NC(CC=O)C(=O)O)CCCC2)C(C)(C)C)c(Cl)c1. The van der Waals surface area contributed by atoms with Crippen molar-refractivity contribution >= 4 is 53.3 Å². The summed E-state index contributed by atoms with van der Waals surface area (Å²) in [6.07, 6.45) is 1.03. The van der Waals surface area contributed by atoms with Crippen molar-refractivity contribution in [3.63, 3.8) is 0 Å². The van der Waals surface area contributed by atoms with E-state index in [0.29, 0.717) is 24.8 Å². The molecule has 0 bridgehead atoms. The van der Waals surface area contributed by atoms with Crippen LogP contribution in [-0.4, -0.2) is 70.8 Å². The molecule has 2 rings (SSSR count). The van der Waals surface area contributed by atoms with E-state index in [2.05, 4.69) is 16.0 Å². The smallest absolute Gasteiger partial charge is 0.424 e. The van der Waals surface area contributed by atoms with Crippen LogP contribution in [0.25, 0.3) is 0 Å². The van der Waals surface area contributed by atoms with E-state index in [4.69, 9.17) is 11.6 Å². The molecule has 11 nitrogen and oxygen atoms in total. The lowest BCUT2D eigenvalue weighted by Gasteiger charge is -2.37. The van der Waals surface area contributed by atoms with Crippen LogP contribution in [0.4, 0.5) is 10.5 Å². The number of imide groups is 1. The van der Waals surface area contributed by atoms with E-state index < -0.39 is 52.2 Å². The Morgan fingerprint density at radius 3 is 2.16 bits per heavy atom. The Morgan fingerprint density at radius 1 is 1.08 bits per heavy atom. The van der Waals surface area contributed by atoms with E-state index in [1.54, 1.807) is 34.6 Å². The second kappa shape index (κ2) is 12.5. The van der Waals surface area contributed by atoms with Gasteiger partial charge in [0.05, 0.1) is 23.7 Å². The Kier molecular flexibility index (Phi) is 10.2. The van der Waals surface area contributed by atoms with Gasteiger partial charge in [0.1, 0.15) is 12.3 Å². The summed E-state index contributed by atoms with van der Waals surface area (Å²) in [7, 11) is 0. The summed E-state index contributed by atoms with van der Waals surface area (Å²) in [5.41, 5.74) is -0.339. The maximum Gasteiger partial charge on any atom is 0.424 e. The first-order chi connectivity index (χ1) is 17.6. The van der Waals surface area contributed by atoms with E-state index in [1.807, 2.05) is 0 Å². The van der Waals surface area contributed by atoms with Crippen molar-refractivity contribution in [3.05, 3.63) is 28.8 Å². The molecule has 38 heavy (non-hydrogen) atoms. The van der Waals surface area contributed by atoms with Gasteiger partial charge in [-0.15, -0.1) is 0 Å². The average Bonchev–Trinajstić information content (AvgIpc) is 3.32. The number of likely N-dealkylation sites (tertiary alicyclic amines) is 1. The topological polar surface area (TPSA) is 159 Å². The van der Waals surface area contributed by atoms with Gasteiger partial charge in [0, 0.05) is 30.9 Å². The van der Waals surface area contributed by atoms with Crippen molar-refractivity contribution in [3.8, 4) is 0 Å². The minimum absolute atomic E-state index is 0.0603. The zero-order valence-corrected chi connectivity index (χ0v) is 23.1. The molecule has 1 heterocycles. The number of hydrogen-bond donors (Lipinski definition) is 4. The van der Waals surface area contributed by atoms with Gasteiger partial charge in [0.15, 0.2) is 6.04 Å². The molecule has 208 valence electrons. The molecule has 1 fully saturated rings. The van der Waals surface area contributed by atoms with Crippen LogP contribution in [0.15, 0.2) is 18.2 Å². The highest BCUT2D eigenvalue weighted by atomic mass is 35.5. The minimum Gasteiger partial charge on any atom is -0.480 e. The summed E-state index contributed by atoms with van der Waals surface area (Å²) in [4.78, 5) is 74.9. The molecule has 2 atom stereocenters. The van der Waals surface area contributed by atoms with Gasteiger partial charge in [-0.25, -0.2) is 14.4 Å². The summed E-state index contributed by atoms with van der Waals surface area (Å²) >= 11 is 6.34.